The Labute approximate surface area is 252 Å². The number of thioether (sulfide) groups is 1. The molecule has 3 aromatic rings. The Hall–Kier alpha value is -3.87. The van der Waals surface area contributed by atoms with Crippen molar-refractivity contribution in [2.75, 3.05) is 26.1 Å². The van der Waals surface area contributed by atoms with Gasteiger partial charge in [0.1, 0.15) is 18.9 Å². The predicted octanol–water partition coefficient (Wildman–Crippen LogP) is 7.28. The summed E-state index contributed by atoms with van der Waals surface area (Å²) in [6, 6.07) is 12.7. The zero-order chi connectivity index (χ0) is 30.6. The van der Waals surface area contributed by atoms with Crippen LogP contribution in [0, 0.1) is 0 Å². The van der Waals surface area contributed by atoms with Gasteiger partial charge in [0.2, 0.25) is 5.91 Å². The van der Waals surface area contributed by atoms with Gasteiger partial charge in [0.05, 0.1) is 35.4 Å². The third-order valence-corrected chi connectivity index (χ3v) is 7.26. The molecule has 0 bridgehead atoms. The van der Waals surface area contributed by atoms with Gasteiger partial charge in [-0.1, -0.05) is 35.3 Å². The number of anilines is 1. The molecule has 1 N–H and O–H groups in total. The Morgan fingerprint density at radius 2 is 1.69 bits per heavy atom. The van der Waals surface area contributed by atoms with E-state index in [9.17, 15) is 27.6 Å². The molecular formula is C28H21Cl2F3N2O6S. The lowest BCUT2D eigenvalue weighted by Crippen LogP contribution is -2.36. The van der Waals surface area contributed by atoms with Gasteiger partial charge in [0.25, 0.3) is 11.1 Å². The zero-order valence-corrected chi connectivity index (χ0v) is 24.2. The van der Waals surface area contributed by atoms with Gasteiger partial charge in [0, 0.05) is 5.02 Å². The number of amides is 3. The first-order chi connectivity index (χ1) is 19.9. The quantitative estimate of drug-likeness (QED) is 0.246. The van der Waals surface area contributed by atoms with Crippen LogP contribution in [-0.2, 0) is 22.4 Å². The molecule has 220 valence electrons. The van der Waals surface area contributed by atoms with Crippen LogP contribution >= 0.6 is 35.0 Å². The van der Waals surface area contributed by atoms with Gasteiger partial charge in [-0.15, -0.1) is 0 Å². The maximum Gasteiger partial charge on any atom is 0.416 e. The number of benzene rings is 3. The summed E-state index contributed by atoms with van der Waals surface area (Å²) in [5.41, 5.74) is -0.0201. The number of imide groups is 1. The molecular weight excluding hydrogens is 620 g/mol. The molecule has 0 unspecified atom stereocenters. The first-order valence-corrected chi connectivity index (χ1v) is 13.5. The van der Waals surface area contributed by atoms with E-state index < -0.39 is 35.3 Å². The van der Waals surface area contributed by atoms with Crippen LogP contribution in [-0.4, -0.2) is 42.7 Å². The molecule has 0 atom stereocenters. The van der Waals surface area contributed by atoms with Crippen LogP contribution in [0.4, 0.5) is 23.7 Å². The molecule has 1 aliphatic heterocycles. The highest BCUT2D eigenvalue weighted by molar-refractivity contribution is 8.18. The lowest BCUT2D eigenvalue weighted by atomic mass is 10.1. The van der Waals surface area contributed by atoms with Gasteiger partial charge in [-0.2, -0.15) is 13.2 Å². The molecule has 42 heavy (non-hydrogen) atoms. The molecule has 8 nitrogen and oxygen atoms in total. The summed E-state index contributed by atoms with van der Waals surface area (Å²) in [5.74, 6) is -1.16. The number of carbonyl (C=O) groups excluding carboxylic acids is 3. The molecule has 1 fully saturated rings. The van der Waals surface area contributed by atoms with Crippen LogP contribution < -0.4 is 19.5 Å². The van der Waals surface area contributed by atoms with Gasteiger partial charge in [-0.3, -0.25) is 19.3 Å². The van der Waals surface area contributed by atoms with Crippen molar-refractivity contribution in [3.05, 3.63) is 86.2 Å². The zero-order valence-electron chi connectivity index (χ0n) is 21.9. The molecule has 3 amide bonds. The minimum Gasteiger partial charge on any atom is -0.495 e. The van der Waals surface area contributed by atoms with Crippen LogP contribution in [0.25, 0.3) is 6.08 Å². The fraction of sp³-hybridized carbons (Fsp3) is 0.179. The van der Waals surface area contributed by atoms with Gasteiger partial charge >= 0.3 is 6.18 Å². The largest absolute Gasteiger partial charge is 0.495 e. The van der Waals surface area contributed by atoms with Crippen LogP contribution in [0.5, 0.6) is 17.2 Å². The number of hydrogen-bond donors (Lipinski definition) is 1. The monoisotopic (exact) mass is 640 g/mol. The van der Waals surface area contributed by atoms with E-state index in [0.29, 0.717) is 33.3 Å². The van der Waals surface area contributed by atoms with E-state index in [4.69, 9.17) is 37.4 Å². The average Bonchev–Trinajstić information content (AvgIpc) is 3.19. The Morgan fingerprint density at radius 3 is 2.33 bits per heavy atom. The number of nitrogens with zero attached hydrogens (tertiary/aromatic N) is 1. The molecule has 0 aromatic heterocycles. The lowest BCUT2D eigenvalue weighted by Gasteiger charge is -2.16. The number of rotatable bonds is 9. The molecule has 0 spiro atoms. The molecule has 4 rings (SSSR count). The fourth-order valence-electron chi connectivity index (χ4n) is 3.80. The molecule has 1 heterocycles. The van der Waals surface area contributed by atoms with Crippen molar-refractivity contribution in [2.45, 2.75) is 12.8 Å². The lowest BCUT2D eigenvalue weighted by molar-refractivity contribution is -0.137. The minimum absolute atomic E-state index is 0.00241. The number of halogens is 5. The van der Waals surface area contributed by atoms with Crippen molar-refractivity contribution >= 4 is 63.8 Å². The molecule has 3 aromatic carbocycles. The molecule has 0 aliphatic carbocycles. The Balaban J connectivity index is 1.48. The van der Waals surface area contributed by atoms with E-state index in [0.717, 1.165) is 17.7 Å². The van der Waals surface area contributed by atoms with Crippen molar-refractivity contribution in [3.8, 4) is 17.2 Å². The summed E-state index contributed by atoms with van der Waals surface area (Å²) in [6.45, 7) is -0.553. The number of carbonyl (C=O) groups is 3. The third kappa shape index (κ3) is 7.30. The highest BCUT2D eigenvalue weighted by Gasteiger charge is 2.37. The minimum atomic E-state index is -4.66. The van der Waals surface area contributed by atoms with Crippen LogP contribution in [0.1, 0.15) is 16.7 Å². The maximum absolute atomic E-state index is 13.1. The maximum atomic E-state index is 13.1. The topological polar surface area (TPSA) is 94.2 Å². The second-order valence-corrected chi connectivity index (χ2v) is 10.5. The van der Waals surface area contributed by atoms with Crippen molar-refractivity contribution in [1.82, 2.24) is 4.90 Å². The van der Waals surface area contributed by atoms with Crippen molar-refractivity contribution < 1.29 is 41.8 Å². The molecule has 1 saturated heterocycles. The van der Waals surface area contributed by atoms with Crippen molar-refractivity contribution in [1.29, 1.82) is 0 Å². The number of nitrogens with one attached hydrogen (secondary N) is 1. The van der Waals surface area contributed by atoms with E-state index in [1.165, 1.54) is 26.4 Å². The number of alkyl halides is 3. The van der Waals surface area contributed by atoms with Crippen molar-refractivity contribution in [3.63, 3.8) is 0 Å². The van der Waals surface area contributed by atoms with Gasteiger partial charge in [-0.05, 0) is 71.4 Å². The normalized spacial score (nSPS) is 14.4. The van der Waals surface area contributed by atoms with Crippen LogP contribution in [0.15, 0.2) is 59.5 Å². The average molecular weight is 641 g/mol. The summed E-state index contributed by atoms with van der Waals surface area (Å²) >= 11 is 12.9. The van der Waals surface area contributed by atoms with E-state index in [1.807, 2.05) is 0 Å². The Morgan fingerprint density at radius 1 is 1.00 bits per heavy atom. The van der Waals surface area contributed by atoms with Crippen molar-refractivity contribution in [2.24, 2.45) is 0 Å². The fourth-order valence-corrected chi connectivity index (χ4v) is 5.04. The molecule has 14 heteroatoms. The molecule has 1 aliphatic rings. The number of hydrogen-bond acceptors (Lipinski definition) is 7. The third-order valence-electron chi connectivity index (χ3n) is 5.82. The second-order valence-electron chi connectivity index (χ2n) is 8.68. The van der Waals surface area contributed by atoms with Gasteiger partial charge < -0.3 is 19.5 Å². The first-order valence-electron chi connectivity index (χ1n) is 11.9. The number of methoxy groups -OCH3 is 2. The summed E-state index contributed by atoms with van der Waals surface area (Å²) in [4.78, 5) is 38.8. The highest BCUT2D eigenvalue weighted by Crippen LogP contribution is 2.40. The van der Waals surface area contributed by atoms with Gasteiger partial charge in [-0.25, -0.2) is 0 Å². The van der Waals surface area contributed by atoms with E-state index in [2.05, 4.69) is 5.32 Å². The smallest absolute Gasteiger partial charge is 0.416 e. The SMILES string of the molecule is COc1ccc(C(F)(F)F)cc1NC(=O)CN1C(=O)S/C(=C\c2cc(Cl)c(OCc3ccc(Cl)cc3)c(OC)c2)C1=O. The Bertz CT molecular complexity index is 1560. The van der Waals surface area contributed by atoms with E-state index in [-0.39, 0.29) is 39.5 Å². The summed E-state index contributed by atoms with van der Waals surface area (Å²) in [7, 11) is 2.63. The van der Waals surface area contributed by atoms with Gasteiger partial charge in [0.15, 0.2) is 11.5 Å². The Kier molecular flexibility index (Phi) is 9.60. The molecule has 0 saturated carbocycles. The summed E-state index contributed by atoms with van der Waals surface area (Å²) < 4.78 is 55.6. The predicted molar refractivity (Wildman–Crippen MR) is 153 cm³/mol. The second kappa shape index (κ2) is 13.0. The van der Waals surface area contributed by atoms with E-state index in [1.54, 1.807) is 30.3 Å². The summed E-state index contributed by atoms with van der Waals surface area (Å²) in [5, 5.41) is 2.30. The standard InChI is InChI=1S/C28H21Cl2F3N2O6S/c1-39-21-8-5-17(28(31,32)33)12-20(21)34-24(36)13-35-26(37)23(42-27(35)38)11-16-9-19(30)25(22(10-16)40-2)41-14-15-3-6-18(29)7-4-15/h3-12H,13-14H2,1-2H3,(H,34,36)/b23-11-. The van der Waals surface area contributed by atoms with E-state index >= 15 is 0 Å². The highest BCUT2D eigenvalue weighted by atomic mass is 35.5. The number of ether oxygens (including phenoxy) is 3. The molecule has 0 radical (unpaired) electrons. The first kappa shape index (κ1) is 31.1. The van der Waals surface area contributed by atoms with Crippen LogP contribution in [0.3, 0.4) is 0 Å². The summed E-state index contributed by atoms with van der Waals surface area (Å²) in [6.07, 6.45) is -3.26. The van der Waals surface area contributed by atoms with Crippen LogP contribution in [0.2, 0.25) is 10.0 Å².